The van der Waals surface area contributed by atoms with E-state index in [-0.39, 0.29) is 30.8 Å². The van der Waals surface area contributed by atoms with Crippen molar-refractivity contribution in [1.82, 2.24) is 14.9 Å². The molecule has 38 heavy (non-hydrogen) atoms. The molecule has 3 aliphatic heterocycles. The number of amides is 1. The minimum Gasteiger partial charge on any atom is -0.470 e. The summed E-state index contributed by atoms with van der Waals surface area (Å²) in [5.74, 6) is 0.323. The fourth-order valence-electron chi connectivity index (χ4n) is 5.39. The number of nitrogens with one attached hydrogen (secondary N) is 1. The Morgan fingerprint density at radius 2 is 2.00 bits per heavy atom. The molecule has 0 radical (unpaired) electrons. The molecule has 1 aromatic carbocycles. The standard InChI is InChI=1S/C28H30N4O6/c1-29-12-19-10-20-21(11-24(30-20)38-23-15-37-27-22(34)14-36-28(23)27)31-26(19)18-4-2-16(3-5-18)17-6-8-32(9-7-17)25(35)13-33/h2-6,10-12,22-23,27-28,30,33-34H,7-9,13-15H2,1H3/b29-12-/t22-,23-,27-,28-/m1/s1. The van der Waals surface area contributed by atoms with Crippen LogP contribution >= 0.6 is 0 Å². The fourth-order valence-corrected chi connectivity index (χ4v) is 5.39. The van der Waals surface area contributed by atoms with Gasteiger partial charge in [-0.05, 0) is 23.6 Å². The van der Waals surface area contributed by atoms with Crippen molar-refractivity contribution in [2.75, 3.05) is 40.0 Å². The number of hydrogen-bond donors (Lipinski definition) is 3. The van der Waals surface area contributed by atoms with Crippen molar-refractivity contribution >= 4 is 28.7 Å². The number of hydrogen-bond acceptors (Lipinski definition) is 8. The van der Waals surface area contributed by atoms with Gasteiger partial charge in [-0.3, -0.25) is 9.79 Å². The van der Waals surface area contributed by atoms with Crippen LogP contribution < -0.4 is 4.74 Å². The van der Waals surface area contributed by atoms with Gasteiger partial charge in [0, 0.05) is 43.5 Å². The van der Waals surface area contributed by atoms with E-state index in [1.807, 2.05) is 30.3 Å². The molecule has 0 unspecified atom stereocenters. The van der Waals surface area contributed by atoms with Gasteiger partial charge in [-0.15, -0.1) is 0 Å². The molecule has 4 atom stereocenters. The lowest BCUT2D eigenvalue weighted by Gasteiger charge is -2.26. The number of rotatable bonds is 6. The van der Waals surface area contributed by atoms with Gasteiger partial charge in [-0.25, -0.2) is 4.98 Å². The molecule has 10 nitrogen and oxygen atoms in total. The Kier molecular flexibility index (Phi) is 6.71. The molecule has 3 aromatic rings. The number of nitrogens with zero attached hydrogens (tertiary/aromatic N) is 3. The number of ether oxygens (including phenoxy) is 3. The zero-order valence-electron chi connectivity index (χ0n) is 21.0. The van der Waals surface area contributed by atoms with Crippen molar-refractivity contribution in [1.29, 1.82) is 0 Å². The molecular weight excluding hydrogens is 488 g/mol. The molecule has 2 fully saturated rings. The molecule has 10 heteroatoms. The Morgan fingerprint density at radius 1 is 1.21 bits per heavy atom. The van der Waals surface area contributed by atoms with E-state index >= 15 is 0 Å². The van der Waals surface area contributed by atoms with Crippen molar-refractivity contribution in [3.05, 3.63) is 53.6 Å². The minimum absolute atomic E-state index is 0.244. The SMILES string of the molecule is C/N=C\c1cc2[nH]c(O[C@@H]3CO[C@H]4[C@@H]3OC[C@H]4O)cc2nc1-c1ccc(C2=CCN(C(=O)CO)CC2)cc1. The third-order valence-corrected chi connectivity index (χ3v) is 7.36. The number of aliphatic hydroxyl groups excluding tert-OH is 2. The monoisotopic (exact) mass is 518 g/mol. The third kappa shape index (κ3) is 4.60. The van der Waals surface area contributed by atoms with Gasteiger partial charge < -0.3 is 34.3 Å². The first-order valence-electron chi connectivity index (χ1n) is 12.8. The average molecular weight is 519 g/mol. The van der Waals surface area contributed by atoms with E-state index in [1.54, 1.807) is 18.2 Å². The highest BCUT2D eigenvalue weighted by Crippen LogP contribution is 2.32. The number of benzene rings is 1. The summed E-state index contributed by atoms with van der Waals surface area (Å²) in [4.78, 5) is 25.8. The van der Waals surface area contributed by atoms with Gasteiger partial charge in [0.15, 0.2) is 12.0 Å². The van der Waals surface area contributed by atoms with Crippen molar-refractivity contribution in [2.24, 2.45) is 4.99 Å². The molecule has 0 saturated carbocycles. The predicted molar refractivity (Wildman–Crippen MR) is 141 cm³/mol. The van der Waals surface area contributed by atoms with Crippen LogP contribution in [0, 0.1) is 0 Å². The molecule has 6 rings (SSSR count). The Bertz CT molecular complexity index is 1400. The second kappa shape index (κ2) is 10.3. The van der Waals surface area contributed by atoms with Crippen molar-refractivity contribution in [3.8, 4) is 17.1 Å². The zero-order valence-corrected chi connectivity index (χ0v) is 21.0. The van der Waals surface area contributed by atoms with E-state index in [1.165, 1.54) is 5.57 Å². The van der Waals surface area contributed by atoms with Crippen LogP contribution in [-0.2, 0) is 14.3 Å². The van der Waals surface area contributed by atoms with Gasteiger partial charge in [0.2, 0.25) is 5.91 Å². The minimum atomic E-state index is -0.623. The number of aromatic nitrogens is 2. The van der Waals surface area contributed by atoms with Crippen LogP contribution in [0.1, 0.15) is 17.5 Å². The number of aliphatic hydroxyl groups is 2. The molecule has 2 saturated heterocycles. The number of carbonyl (C=O) groups excluding carboxylic acids is 1. The summed E-state index contributed by atoms with van der Waals surface area (Å²) in [7, 11) is 1.73. The van der Waals surface area contributed by atoms with E-state index in [0.717, 1.165) is 39.8 Å². The van der Waals surface area contributed by atoms with Crippen LogP contribution in [0.25, 0.3) is 27.9 Å². The molecule has 2 aromatic heterocycles. The van der Waals surface area contributed by atoms with Gasteiger partial charge in [-0.1, -0.05) is 30.3 Å². The third-order valence-electron chi connectivity index (χ3n) is 7.36. The number of aromatic amines is 1. The Morgan fingerprint density at radius 3 is 2.74 bits per heavy atom. The van der Waals surface area contributed by atoms with Crippen LogP contribution in [0.15, 0.2) is 47.5 Å². The summed E-state index contributed by atoms with van der Waals surface area (Å²) < 4.78 is 17.5. The second-order valence-electron chi connectivity index (χ2n) is 9.75. The van der Waals surface area contributed by atoms with E-state index in [0.29, 0.717) is 25.6 Å². The molecule has 1 amide bonds. The summed E-state index contributed by atoms with van der Waals surface area (Å²) in [5, 5.41) is 19.1. The lowest BCUT2D eigenvalue weighted by Crippen LogP contribution is -2.36. The normalized spacial score (nSPS) is 25.2. The highest BCUT2D eigenvalue weighted by Gasteiger charge is 2.48. The molecule has 198 valence electrons. The van der Waals surface area contributed by atoms with E-state index < -0.39 is 12.7 Å². The highest BCUT2D eigenvalue weighted by molar-refractivity contribution is 5.95. The predicted octanol–water partition coefficient (Wildman–Crippen LogP) is 1.79. The molecule has 3 aliphatic rings. The van der Waals surface area contributed by atoms with E-state index in [4.69, 9.17) is 24.3 Å². The molecule has 0 bridgehead atoms. The highest BCUT2D eigenvalue weighted by atomic mass is 16.6. The van der Waals surface area contributed by atoms with Crippen molar-refractivity contribution in [3.63, 3.8) is 0 Å². The smallest absolute Gasteiger partial charge is 0.248 e. The number of fused-ring (bicyclic) bond motifs is 2. The second-order valence-corrected chi connectivity index (χ2v) is 9.75. The number of aliphatic imine (C=N–C) groups is 1. The molecule has 0 spiro atoms. The van der Waals surface area contributed by atoms with Gasteiger partial charge in [-0.2, -0.15) is 0 Å². The quantitative estimate of drug-likeness (QED) is 0.424. The van der Waals surface area contributed by atoms with Crippen LogP contribution in [0.5, 0.6) is 5.88 Å². The fraction of sp³-hybridized carbons (Fsp3) is 0.393. The van der Waals surface area contributed by atoms with Gasteiger partial charge in [0.1, 0.15) is 24.9 Å². The summed E-state index contributed by atoms with van der Waals surface area (Å²) in [5.41, 5.74) is 6.52. The van der Waals surface area contributed by atoms with E-state index in [9.17, 15) is 9.90 Å². The lowest BCUT2D eigenvalue weighted by atomic mass is 9.97. The zero-order chi connectivity index (χ0) is 26.2. The lowest BCUT2D eigenvalue weighted by molar-refractivity contribution is -0.133. The maximum Gasteiger partial charge on any atom is 0.248 e. The largest absolute Gasteiger partial charge is 0.470 e. The van der Waals surface area contributed by atoms with Gasteiger partial charge >= 0.3 is 0 Å². The maximum absolute atomic E-state index is 11.7. The van der Waals surface area contributed by atoms with Crippen LogP contribution in [0.2, 0.25) is 0 Å². The summed E-state index contributed by atoms with van der Waals surface area (Å²) in [6, 6.07) is 12.1. The Balaban J connectivity index is 1.24. The van der Waals surface area contributed by atoms with Gasteiger partial charge in [0.05, 0.1) is 29.9 Å². The summed E-state index contributed by atoms with van der Waals surface area (Å²) >= 11 is 0. The van der Waals surface area contributed by atoms with Crippen LogP contribution in [0.4, 0.5) is 0 Å². The average Bonchev–Trinajstić information content (AvgIpc) is 3.64. The van der Waals surface area contributed by atoms with Crippen LogP contribution in [0.3, 0.4) is 0 Å². The number of carbonyl (C=O) groups is 1. The molecule has 0 aliphatic carbocycles. The van der Waals surface area contributed by atoms with Crippen molar-refractivity contribution < 1.29 is 29.2 Å². The molecule has 3 N–H and O–H groups in total. The Hall–Kier alpha value is -3.57. The van der Waals surface area contributed by atoms with Crippen molar-refractivity contribution in [2.45, 2.75) is 30.8 Å². The first-order valence-corrected chi connectivity index (χ1v) is 12.8. The van der Waals surface area contributed by atoms with E-state index in [2.05, 4.69) is 22.1 Å². The first-order chi connectivity index (χ1) is 18.5. The Labute approximate surface area is 219 Å². The summed E-state index contributed by atoms with van der Waals surface area (Å²) in [6.45, 7) is 1.26. The molecular formula is C28H30N4O6. The summed E-state index contributed by atoms with van der Waals surface area (Å²) in [6.07, 6.45) is 3.00. The first kappa shape index (κ1) is 24.7. The molecule has 5 heterocycles. The number of pyridine rings is 1. The maximum atomic E-state index is 11.7. The topological polar surface area (TPSA) is 130 Å². The van der Waals surface area contributed by atoms with Crippen LogP contribution in [-0.4, -0.2) is 102 Å². The number of H-pyrrole nitrogens is 1. The van der Waals surface area contributed by atoms with Gasteiger partial charge in [0.25, 0.3) is 0 Å².